The number of rotatable bonds is 7. The average Bonchev–Trinajstić information content (AvgIpc) is 2.64. The molecule has 0 aromatic heterocycles. The van der Waals surface area contributed by atoms with Crippen LogP contribution in [-0.4, -0.2) is 24.3 Å². The lowest BCUT2D eigenvalue weighted by Crippen LogP contribution is -2.54. The van der Waals surface area contributed by atoms with Gasteiger partial charge in [-0.1, -0.05) is 44.2 Å². The fourth-order valence-electron chi connectivity index (χ4n) is 3.73. The van der Waals surface area contributed by atoms with E-state index in [1.54, 1.807) is 12.1 Å². The van der Waals surface area contributed by atoms with E-state index in [2.05, 4.69) is 5.32 Å². The SMILES string of the molecule is N#CCNC(=O)C(CC1CCCCC1)(C(N)=O)c1cccc(C(N)=O)c1. The standard InChI is InChI=1S/C19H24N4O3/c20-9-10-23-18(26)19(17(22)25,12-13-5-2-1-3-6-13)15-8-4-7-14(11-15)16(21)24/h4,7-8,11,13H,1-3,5-6,10,12H2,(H2,21,24)(H2,22,25)(H,23,26). The molecule has 2 rings (SSSR count). The summed E-state index contributed by atoms with van der Waals surface area (Å²) < 4.78 is 0. The van der Waals surface area contributed by atoms with Crippen molar-refractivity contribution in [2.45, 2.75) is 43.9 Å². The van der Waals surface area contributed by atoms with Crippen LogP contribution in [0.3, 0.4) is 0 Å². The summed E-state index contributed by atoms with van der Waals surface area (Å²) >= 11 is 0. The lowest BCUT2D eigenvalue weighted by atomic mass is 9.69. The largest absolute Gasteiger partial charge is 0.368 e. The van der Waals surface area contributed by atoms with Gasteiger partial charge < -0.3 is 16.8 Å². The molecule has 7 heteroatoms. The van der Waals surface area contributed by atoms with Crippen molar-refractivity contribution in [3.63, 3.8) is 0 Å². The number of primary amides is 2. The third kappa shape index (κ3) is 4.02. The Kier molecular flexibility index (Phi) is 6.34. The van der Waals surface area contributed by atoms with Crippen LogP contribution in [0.1, 0.15) is 54.4 Å². The molecule has 1 aliphatic carbocycles. The number of hydrogen-bond acceptors (Lipinski definition) is 4. The van der Waals surface area contributed by atoms with E-state index in [9.17, 15) is 14.4 Å². The molecule has 1 saturated carbocycles. The number of benzene rings is 1. The predicted octanol–water partition coefficient (Wildman–Crippen LogP) is 1.12. The molecule has 3 amide bonds. The van der Waals surface area contributed by atoms with E-state index in [4.69, 9.17) is 16.7 Å². The van der Waals surface area contributed by atoms with E-state index in [0.717, 1.165) is 32.1 Å². The molecule has 7 nitrogen and oxygen atoms in total. The Labute approximate surface area is 152 Å². The van der Waals surface area contributed by atoms with Crippen LogP contribution >= 0.6 is 0 Å². The molecule has 0 spiro atoms. The molecule has 1 fully saturated rings. The van der Waals surface area contributed by atoms with Gasteiger partial charge in [0.1, 0.15) is 6.54 Å². The van der Waals surface area contributed by atoms with E-state index < -0.39 is 23.1 Å². The van der Waals surface area contributed by atoms with E-state index in [-0.39, 0.29) is 24.4 Å². The molecular weight excluding hydrogens is 332 g/mol. The second-order valence-corrected chi connectivity index (χ2v) is 6.76. The van der Waals surface area contributed by atoms with Crippen molar-refractivity contribution in [2.24, 2.45) is 17.4 Å². The topological polar surface area (TPSA) is 139 Å². The van der Waals surface area contributed by atoms with Gasteiger partial charge in [0.05, 0.1) is 6.07 Å². The highest BCUT2D eigenvalue weighted by Crippen LogP contribution is 2.38. The van der Waals surface area contributed by atoms with Crippen LogP contribution in [0.4, 0.5) is 0 Å². The van der Waals surface area contributed by atoms with Crippen molar-refractivity contribution in [1.82, 2.24) is 5.32 Å². The van der Waals surface area contributed by atoms with E-state index in [1.165, 1.54) is 12.1 Å². The highest BCUT2D eigenvalue weighted by molar-refractivity contribution is 6.10. The zero-order valence-electron chi connectivity index (χ0n) is 14.7. The van der Waals surface area contributed by atoms with Gasteiger partial charge in [0.15, 0.2) is 5.41 Å². The summed E-state index contributed by atoms with van der Waals surface area (Å²) in [6, 6.07) is 7.98. The molecule has 0 saturated heterocycles. The molecule has 0 bridgehead atoms. The Balaban J connectivity index is 2.52. The molecule has 5 N–H and O–H groups in total. The second-order valence-electron chi connectivity index (χ2n) is 6.76. The highest BCUT2D eigenvalue weighted by Gasteiger charge is 2.47. The maximum Gasteiger partial charge on any atom is 0.248 e. The number of nitrogens with zero attached hydrogens (tertiary/aromatic N) is 1. The molecular formula is C19H24N4O3. The Bertz CT molecular complexity index is 735. The monoisotopic (exact) mass is 356 g/mol. The minimum absolute atomic E-state index is 0.168. The van der Waals surface area contributed by atoms with Gasteiger partial charge in [-0.15, -0.1) is 0 Å². The molecule has 26 heavy (non-hydrogen) atoms. The first-order valence-corrected chi connectivity index (χ1v) is 8.77. The molecule has 0 heterocycles. The summed E-state index contributed by atoms with van der Waals surface area (Å²) in [6.45, 7) is -0.228. The number of amides is 3. The number of hydrogen-bond donors (Lipinski definition) is 3. The Morgan fingerprint density at radius 2 is 1.88 bits per heavy atom. The fourth-order valence-corrected chi connectivity index (χ4v) is 3.73. The van der Waals surface area contributed by atoms with Crippen LogP contribution in [0.25, 0.3) is 0 Å². The first-order valence-electron chi connectivity index (χ1n) is 8.77. The Morgan fingerprint density at radius 1 is 1.19 bits per heavy atom. The molecule has 0 aliphatic heterocycles. The minimum Gasteiger partial charge on any atom is -0.368 e. The summed E-state index contributed by atoms with van der Waals surface area (Å²) in [5.41, 5.74) is 9.96. The summed E-state index contributed by atoms with van der Waals surface area (Å²) in [4.78, 5) is 37.0. The first kappa shape index (κ1) is 19.4. The van der Waals surface area contributed by atoms with Crippen LogP contribution < -0.4 is 16.8 Å². The lowest BCUT2D eigenvalue weighted by Gasteiger charge is -2.34. The summed E-state index contributed by atoms with van der Waals surface area (Å²) in [6.07, 6.45) is 5.30. The molecule has 1 aliphatic rings. The van der Waals surface area contributed by atoms with Crippen molar-refractivity contribution < 1.29 is 14.4 Å². The van der Waals surface area contributed by atoms with Gasteiger partial charge in [-0.25, -0.2) is 0 Å². The van der Waals surface area contributed by atoms with Gasteiger partial charge in [-0.2, -0.15) is 5.26 Å². The third-order valence-corrected chi connectivity index (χ3v) is 5.10. The molecule has 0 radical (unpaired) electrons. The quantitative estimate of drug-likeness (QED) is 0.497. The molecule has 1 aromatic rings. The number of nitrogens with one attached hydrogen (secondary N) is 1. The van der Waals surface area contributed by atoms with E-state index in [1.807, 2.05) is 6.07 Å². The van der Waals surface area contributed by atoms with Crippen molar-refractivity contribution >= 4 is 17.7 Å². The van der Waals surface area contributed by atoms with Gasteiger partial charge in [0, 0.05) is 5.56 Å². The zero-order chi connectivity index (χ0) is 19.2. The van der Waals surface area contributed by atoms with Crippen LogP contribution in [0.15, 0.2) is 24.3 Å². The summed E-state index contributed by atoms with van der Waals surface area (Å²) in [7, 11) is 0. The normalized spacial score (nSPS) is 16.9. The molecule has 1 aromatic carbocycles. The van der Waals surface area contributed by atoms with E-state index >= 15 is 0 Å². The highest BCUT2D eigenvalue weighted by atomic mass is 16.2. The van der Waals surface area contributed by atoms with Crippen molar-refractivity contribution in [1.29, 1.82) is 5.26 Å². The average molecular weight is 356 g/mol. The predicted molar refractivity (Wildman–Crippen MR) is 95.6 cm³/mol. The second kappa shape index (κ2) is 8.48. The summed E-state index contributed by atoms with van der Waals surface area (Å²) in [5.74, 6) is -1.89. The summed E-state index contributed by atoms with van der Waals surface area (Å²) in [5, 5.41) is 11.3. The zero-order valence-corrected chi connectivity index (χ0v) is 14.7. The fraction of sp³-hybridized carbons (Fsp3) is 0.474. The van der Waals surface area contributed by atoms with E-state index in [0.29, 0.717) is 5.56 Å². The Hall–Kier alpha value is -2.88. The van der Waals surface area contributed by atoms with Gasteiger partial charge in [0.2, 0.25) is 17.7 Å². The van der Waals surface area contributed by atoms with Crippen LogP contribution in [0, 0.1) is 17.2 Å². The number of nitrogens with two attached hydrogens (primary N) is 2. The molecule has 1 unspecified atom stereocenters. The van der Waals surface area contributed by atoms with Crippen molar-refractivity contribution in [2.75, 3.05) is 6.54 Å². The van der Waals surface area contributed by atoms with Gasteiger partial charge in [-0.05, 0) is 30.0 Å². The van der Waals surface area contributed by atoms with Crippen LogP contribution in [-0.2, 0) is 15.0 Å². The lowest BCUT2D eigenvalue weighted by molar-refractivity contribution is -0.137. The molecule has 1 atom stereocenters. The third-order valence-electron chi connectivity index (χ3n) is 5.10. The maximum absolute atomic E-state index is 12.9. The van der Waals surface area contributed by atoms with Crippen molar-refractivity contribution in [3.8, 4) is 6.07 Å². The smallest absolute Gasteiger partial charge is 0.248 e. The number of carbonyl (C=O) groups excluding carboxylic acids is 3. The van der Waals surface area contributed by atoms with Crippen LogP contribution in [0.5, 0.6) is 0 Å². The van der Waals surface area contributed by atoms with Gasteiger partial charge in [-0.3, -0.25) is 14.4 Å². The van der Waals surface area contributed by atoms with Crippen LogP contribution in [0.2, 0.25) is 0 Å². The molecule has 138 valence electrons. The Morgan fingerprint density at radius 3 is 2.46 bits per heavy atom. The maximum atomic E-state index is 12.9. The first-order chi connectivity index (χ1) is 12.4. The number of nitriles is 1. The minimum atomic E-state index is -1.63. The van der Waals surface area contributed by atoms with Gasteiger partial charge in [0.25, 0.3) is 0 Å². The van der Waals surface area contributed by atoms with Crippen molar-refractivity contribution in [3.05, 3.63) is 35.4 Å². The number of carbonyl (C=O) groups is 3. The van der Waals surface area contributed by atoms with Gasteiger partial charge >= 0.3 is 0 Å².